The molecule has 0 aliphatic carbocycles. The minimum absolute atomic E-state index is 0.128. The second kappa shape index (κ2) is 9.23. The van der Waals surface area contributed by atoms with E-state index in [2.05, 4.69) is 31.9 Å². The zero-order valence-electron chi connectivity index (χ0n) is 15.6. The third kappa shape index (κ3) is 4.79. The highest BCUT2D eigenvalue weighted by Crippen LogP contribution is 2.43. The van der Waals surface area contributed by atoms with Crippen LogP contribution in [0, 0.1) is 6.92 Å². The van der Waals surface area contributed by atoms with Crippen LogP contribution in [0.15, 0.2) is 44.2 Å². The number of nitrogens with zero attached hydrogens (tertiary/aromatic N) is 1. The average molecular weight is 543 g/mol. The monoisotopic (exact) mass is 541 g/mol. The normalized spacial score (nSPS) is 15.3. The van der Waals surface area contributed by atoms with Crippen molar-refractivity contribution in [3.63, 3.8) is 0 Å². The van der Waals surface area contributed by atoms with E-state index in [4.69, 9.17) is 9.47 Å². The molecule has 1 aliphatic rings. The van der Waals surface area contributed by atoms with E-state index in [0.29, 0.717) is 20.3 Å². The van der Waals surface area contributed by atoms with E-state index in [-0.39, 0.29) is 34.8 Å². The van der Waals surface area contributed by atoms with Crippen LogP contribution in [0.2, 0.25) is 0 Å². The molecule has 0 unspecified atom stereocenters. The summed E-state index contributed by atoms with van der Waals surface area (Å²) in [6.07, 6.45) is 1.47. The Morgan fingerprint density at radius 2 is 1.90 bits per heavy atom. The summed E-state index contributed by atoms with van der Waals surface area (Å²) < 4.78 is 11.9. The molecule has 0 atom stereocenters. The highest BCUT2D eigenvalue weighted by molar-refractivity contribution is 9.13. The average Bonchev–Trinajstić information content (AvgIpc) is 2.96. The number of phenols is 1. The molecule has 152 valence electrons. The maximum Gasteiger partial charge on any atom is 0.293 e. The largest absolute Gasteiger partial charge is 0.504 e. The molecule has 1 aliphatic heterocycles. The van der Waals surface area contributed by atoms with E-state index in [1.54, 1.807) is 6.07 Å². The molecule has 9 heteroatoms. The summed E-state index contributed by atoms with van der Waals surface area (Å²) in [4.78, 5) is 26.3. The summed E-state index contributed by atoms with van der Waals surface area (Å²) in [5.74, 6) is 0.361. The van der Waals surface area contributed by atoms with E-state index in [0.717, 1.165) is 22.2 Å². The molecular formula is C20H17Br2NO5S. The Morgan fingerprint density at radius 1 is 1.21 bits per heavy atom. The van der Waals surface area contributed by atoms with Gasteiger partial charge in [0.25, 0.3) is 11.1 Å². The molecule has 2 amide bonds. The van der Waals surface area contributed by atoms with Crippen LogP contribution in [0.4, 0.5) is 4.79 Å². The lowest BCUT2D eigenvalue weighted by Gasteiger charge is -2.13. The van der Waals surface area contributed by atoms with Crippen LogP contribution in [-0.4, -0.2) is 41.4 Å². The fraction of sp³-hybridized carbons (Fsp3) is 0.200. The Labute approximate surface area is 189 Å². The lowest BCUT2D eigenvalue weighted by Crippen LogP contribution is -2.32. The van der Waals surface area contributed by atoms with E-state index in [9.17, 15) is 14.7 Å². The van der Waals surface area contributed by atoms with Crippen molar-refractivity contribution in [3.05, 3.63) is 55.3 Å². The van der Waals surface area contributed by atoms with Gasteiger partial charge in [-0.05, 0) is 74.8 Å². The first kappa shape index (κ1) is 21.7. The summed E-state index contributed by atoms with van der Waals surface area (Å²) in [6, 6.07) is 9.13. The second-order valence-electron chi connectivity index (χ2n) is 6.13. The van der Waals surface area contributed by atoms with Crippen molar-refractivity contribution in [2.75, 3.05) is 20.3 Å². The third-order valence-corrected chi connectivity index (χ3v) is 7.09. The molecule has 6 nitrogen and oxygen atoms in total. The molecule has 2 aromatic rings. The van der Waals surface area contributed by atoms with Gasteiger partial charge in [-0.3, -0.25) is 14.5 Å². The van der Waals surface area contributed by atoms with Gasteiger partial charge >= 0.3 is 0 Å². The molecule has 2 aromatic carbocycles. The summed E-state index contributed by atoms with van der Waals surface area (Å²) in [7, 11) is 1.43. The van der Waals surface area contributed by atoms with Gasteiger partial charge < -0.3 is 14.6 Å². The molecular weight excluding hydrogens is 526 g/mol. The number of amides is 2. The number of benzene rings is 2. The van der Waals surface area contributed by atoms with Gasteiger partial charge in [0.05, 0.1) is 18.6 Å². The number of carbonyl (C=O) groups excluding carboxylic acids is 2. The number of imide groups is 1. The Morgan fingerprint density at radius 3 is 2.55 bits per heavy atom. The van der Waals surface area contributed by atoms with Gasteiger partial charge in [-0.15, -0.1) is 0 Å². The first-order valence-corrected chi connectivity index (χ1v) is 10.9. The van der Waals surface area contributed by atoms with Crippen LogP contribution in [0.25, 0.3) is 6.08 Å². The molecule has 0 bridgehead atoms. The van der Waals surface area contributed by atoms with E-state index in [1.165, 1.54) is 13.2 Å². The fourth-order valence-electron chi connectivity index (χ4n) is 2.61. The first-order chi connectivity index (χ1) is 13.8. The fourth-order valence-corrected chi connectivity index (χ4v) is 4.30. The molecule has 1 N–H and O–H groups in total. The summed E-state index contributed by atoms with van der Waals surface area (Å²) >= 11 is 7.56. The second-order valence-corrected chi connectivity index (χ2v) is 8.77. The van der Waals surface area contributed by atoms with Crippen LogP contribution in [-0.2, 0) is 4.79 Å². The van der Waals surface area contributed by atoms with Gasteiger partial charge in [0.15, 0.2) is 11.5 Å². The van der Waals surface area contributed by atoms with Crippen LogP contribution in [0.5, 0.6) is 17.2 Å². The van der Waals surface area contributed by atoms with Crippen molar-refractivity contribution in [1.82, 2.24) is 4.90 Å². The molecule has 1 saturated heterocycles. The van der Waals surface area contributed by atoms with Gasteiger partial charge in [-0.2, -0.15) is 0 Å². The molecule has 0 spiro atoms. The zero-order valence-corrected chi connectivity index (χ0v) is 19.6. The standard InChI is InChI=1S/C20H17Br2NO5S/c1-11-3-5-12(6-4-11)28-8-7-23-19(25)16(29-20(23)26)9-13-17(22)14(21)10-15(27-2)18(13)24/h3-6,9-10,24H,7-8H2,1-2H3/b16-9-. The number of rotatable bonds is 6. The van der Waals surface area contributed by atoms with Crippen LogP contribution in [0.1, 0.15) is 11.1 Å². The molecule has 29 heavy (non-hydrogen) atoms. The molecule has 1 fully saturated rings. The number of ether oxygens (including phenoxy) is 2. The number of thioether (sulfide) groups is 1. The van der Waals surface area contributed by atoms with Gasteiger partial charge in [-0.25, -0.2) is 0 Å². The Balaban J connectivity index is 1.75. The predicted octanol–water partition coefficient (Wildman–Crippen LogP) is 5.35. The number of hydrogen-bond donors (Lipinski definition) is 1. The number of halogens is 2. The number of methoxy groups -OCH3 is 1. The first-order valence-electron chi connectivity index (χ1n) is 8.51. The lowest BCUT2D eigenvalue weighted by atomic mass is 10.1. The summed E-state index contributed by atoms with van der Waals surface area (Å²) in [6.45, 7) is 2.30. The minimum Gasteiger partial charge on any atom is -0.504 e. The van der Waals surface area contributed by atoms with Crippen molar-refractivity contribution in [2.24, 2.45) is 0 Å². The summed E-state index contributed by atoms with van der Waals surface area (Å²) in [5.41, 5.74) is 1.46. The molecule has 0 radical (unpaired) electrons. The van der Waals surface area contributed by atoms with Gasteiger partial charge in [0.2, 0.25) is 0 Å². The van der Waals surface area contributed by atoms with Crippen molar-refractivity contribution in [2.45, 2.75) is 6.92 Å². The number of aryl methyl sites for hydroxylation is 1. The predicted molar refractivity (Wildman–Crippen MR) is 119 cm³/mol. The van der Waals surface area contributed by atoms with E-state index < -0.39 is 5.91 Å². The number of hydrogen-bond acceptors (Lipinski definition) is 6. The highest BCUT2D eigenvalue weighted by Gasteiger charge is 2.35. The van der Waals surface area contributed by atoms with Gasteiger partial charge in [0, 0.05) is 14.5 Å². The molecule has 0 saturated carbocycles. The third-order valence-electron chi connectivity index (χ3n) is 4.17. The Kier molecular flexibility index (Phi) is 6.92. The van der Waals surface area contributed by atoms with Crippen LogP contribution >= 0.6 is 43.6 Å². The number of aromatic hydroxyl groups is 1. The number of carbonyl (C=O) groups is 2. The quantitative estimate of drug-likeness (QED) is 0.496. The smallest absolute Gasteiger partial charge is 0.293 e. The van der Waals surface area contributed by atoms with Gasteiger partial charge in [0.1, 0.15) is 12.4 Å². The van der Waals surface area contributed by atoms with Crippen LogP contribution in [0.3, 0.4) is 0 Å². The van der Waals surface area contributed by atoms with E-state index in [1.807, 2.05) is 31.2 Å². The van der Waals surface area contributed by atoms with E-state index >= 15 is 0 Å². The van der Waals surface area contributed by atoms with Crippen molar-refractivity contribution in [1.29, 1.82) is 0 Å². The maximum absolute atomic E-state index is 12.7. The Hall–Kier alpha value is -1.97. The lowest BCUT2D eigenvalue weighted by molar-refractivity contribution is -0.123. The molecule has 3 rings (SSSR count). The minimum atomic E-state index is -0.433. The number of phenolic OH excluding ortho intramolecular Hbond substituents is 1. The highest BCUT2D eigenvalue weighted by atomic mass is 79.9. The Bertz CT molecular complexity index is 991. The zero-order chi connectivity index (χ0) is 21.1. The van der Waals surface area contributed by atoms with Crippen molar-refractivity contribution in [3.8, 4) is 17.2 Å². The molecule has 1 heterocycles. The maximum atomic E-state index is 12.7. The molecule has 0 aromatic heterocycles. The summed E-state index contributed by atoms with van der Waals surface area (Å²) in [5, 5.41) is 10.0. The van der Waals surface area contributed by atoms with Crippen LogP contribution < -0.4 is 9.47 Å². The van der Waals surface area contributed by atoms with Crippen molar-refractivity contribution < 1.29 is 24.2 Å². The van der Waals surface area contributed by atoms with Crippen molar-refractivity contribution >= 4 is 60.8 Å². The SMILES string of the molecule is COc1cc(Br)c(Br)c(/C=C2\SC(=O)N(CCOc3ccc(C)cc3)C2=O)c1O. The topological polar surface area (TPSA) is 76.1 Å². The van der Waals surface area contributed by atoms with Gasteiger partial charge in [-0.1, -0.05) is 17.7 Å².